The number of benzene rings is 1. The average molecular weight is 273 g/mol. The molecule has 8 heteroatoms. The maximum Gasteiger partial charge on any atom is 0.246 e. The lowest BCUT2D eigenvalue weighted by Gasteiger charge is -2.29. The van der Waals surface area contributed by atoms with Gasteiger partial charge < -0.3 is 16.4 Å². The lowest BCUT2D eigenvalue weighted by Crippen LogP contribution is -2.52. The van der Waals surface area contributed by atoms with Gasteiger partial charge in [-0.1, -0.05) is 11.6 Å². The largest absolute Gasteiger partial charge is 0.397 e. The molecule has 6 nitrogen and oxygen atoms in total. The monoisotopic (exact) mass is 272 g/mol. The van der Waals surface area contributed by atoms with E-state index in [0.29, 0.717) is 0 Å². The molecule has 1 saturated heterocycles. The van der Waals surface area contributed by atoms with Crippen molar-refractivity contribution in [3.63, 3.8) is 0 Å². The number of hydrogen-bond donors (Lipinski definition) is 3. The van der Waals surface area contributed by atoms with Crippen molar-refractivity contribution in [3.8, 4) is 0 Å². The normalized spacial score (nSPS) is 15.8. The number of anilines is 3. The highest BCUT2D eigenvalue weighted by Gasteiger charge is 2.27. The average Bonchev–Trinajstić information content (AvgIpc) is 2.24. The number of piperazine rings is 1. The van der Waals surface area contributed by atoms with E-state index >= 15 is 0 Å². The lowest BCUT2D eigenvalue weighted by atomic mass is 10.2. The van der Waals surface area contributed by atoms with Gasteiger partial charge in [-0.3, -0.25) is 14.9 Å². The zero-order valence-electron chi connectivity index (χ0n) is 9.17. The highest BCUT2D eigenvalue weighted by Crippen LogP contribution is 2.36. The number of nitrogens with one attached hydrogen (secondary N) is 1. The third-order valence-electron chi connectivity index (χ3n) is 2.50. The van der Waals surface area contributed by atoms with E-state index in [1.807, 2.05) is 0 Å². The fourth-order valence-electron chi connectivity index (χ4n) is 1.77. The van der Waals surface area contributed by atoms with Crippen LogP contribution in [0.2, 0.25) is 5.02 Å². The highest BCUT2D eigenvalue weighted by atomic mass is 35.5. The Labute approximate surface area is 107 Å². The van der Waals surface area contributed by atoms with E-state index in [2.05, 4.69) is 5.32 Å². The number of nitrogen functional groups attached to an aromatic ring is 2. The molecule has 0 bridgehead atoms. The van der Waals surface area contributed by atoms with Gasteiger partial charge in [0.2, 0.25) is 11.8 Å². The number of halogens is 2. The summed E-state index contributed by atoms with van der Waals surface area (Å²) in [6.45, 7) is -0.347. The number of nitrogens with zero attached hydrogens (tertiary/aromatic N) is 1. The first kappa shape index (κ1) is 12.4. The van der Waals surface area contributed by atoms with Crippen LogP contribution in [0.15, 0.2) is 6.07 Å². The number of amides is 2. The first-order valence-corrected chi connectivity index (χ1v) is 5.38. The van der Waals surface area contributed by atoms with E-state index in [9.17, 15) is 14.0 Å². The third kappa shape index (κ3) is 2.04. The lowest BCUT2D eigenvalue weighted by molar-refractivity contribution is -0.130. The summed E-state index contributed by atoms with van der Waals surface area (Å²) >= 11 is 5.68. The van der Waals surface area contributed by atoms with E-state index in [1.165, 1.54) is 11.0 Å². The first-order chi connectivity index (χ1) is 8.40. The molecule has 0 spiro atoms. The molecule has 18 heavy (non-hydrogen) atoms. The van der Waals surface area contributed by atoms with E-state index in [1.54, 1.807) is 0 Å². The van der Waals surface area contributed by atoms with Gasteiger partial charge in [0, 0.05) is 0 Å². The summed E-state index contributed by atoms with van der Waals surface area (Å²) in [6.07, 6.45) is 0. The van der Waals surface area contributed by atoms with Crippen LogP contribution < -0.4 is 21.7 Å². The van der Waals surface area contributed by atoms with Gasteiger partial charge in [0.05, 0.1) is 30.2 Å². The maximum absolute atomic E-state index is 14.0. The summed E-state index contributed by atoms with van der Waals surface area (Å²) < 4.78 is 14.0. The minimum absolute atomic E-state index is 0.00297. The zero-order valence-corrected chi connectivity index (χ0v) is 9.92. The molecule has 1 aliphatic heterocycles. The van der Waals surface area contributed by atoms with E-state index in [0.717, 1.165) is 0 Å². The molecule has 0 aromatic heterocycles. The highest BCUT2D eigenvalue weighted by molar-refractivity contribution is 6.33. The molecule has 1 fully saturated rings. The van der Waals surface area contributed by atoms with Gasteiger partial charge in [0.25, 0.3) is 0 Å². The number of carbonyl (C=O) groups excluding carboxylic acids is 2. The molecule has 0 radical (unpaired) electrons. The quantitative estimate of drug-likeness (QED) is 0.497. The SMILES string of the molecule is Nc1cc(N)c(N2CC(=O)NC(=O)C2)c(F)c1Cl. The van der Waals surface area contributed by atoms with Gasteiger partial charge in [-0.25, -0.2) is 4.39 Å². The molecule has 0 atom stereocenters. The Hall–Kier alpha value is -2.02. The van der Waals surface area contributed by atoms with Crippen molar-refractivity contribution in [2.75, 3.05) is 29.5 Å². The molecule has 1 aromatic carbocycles. The van der Waals surface area contributed by atoms with Crippen LogP contribution in [0.3, 0.4) is 0 Å². The van der Waals surface area contributed by atoms with Crippen molar-refractivity contribution < 1.29 is 14.0 Å². The molecule has 1 aromatic rings. The van der Waals surface area contributed by atoms with Crippen LogP contribution in [0, 0.1) is 5.82 Å². The summed E-state index contributed by atoms with van der Waals surface area (Å²) in [5, 5.41) is 1.82. The van der Waals surface area contributed by atoms with Gasteiger partial charge >= 0.3 is 0 Å². The molecular formula is C10H10ClFN4O2. The van der Waals surface area contributed by atoms with Crippen LogP contribution in [0.25, 0.3) is 0 Å². The van der Waals surface area contributed by atoms with Gasteiger partial charge in [-0.2, -0.15) is 0 Å². The number of hydrogen-bond acceptors (Lipinski definition) is 5. The van der Waals surface area contributed by atoms with Crippen LogP contribution >= 0.6 is 11.6 Å². The Kier molecular flexibility index (Phi) is 3.00. The minimum atomic E-state index is -0.836. The van der Waals surface area contributed by atoms with Crippen LogP contribution in [0.1, 0.15) is 0 Å². The molecule has 0 aliphatic carbocycles. The summed E-state index contributed by atoms with van der Waals surface area (Å²) in [7, 11) is 0. The van der Waals surface area contributed by atoms with Gasteiger partial charge in [-0.15, -0.1) is 0 Å². The van der Waals surface area contributed by atoms with Crippen LogP contribution in [0.5, 0.6) is 0 Å². The topological polar surface area (TPSA) is 101 Å². The number of carbonyl (C=O) groups is 2. The molecule has 1 aliphatic rings. The Morgan fingerprint density at radius 3 is 2.33 bits per heavy atom. The van der Waals surface area contributed by atoms with Crippen molar-refractivity contribution >= 4 is 40.5 Å². The van der Waals surface area contributed by atoms with Crippen molar-refractivity contribution in [3.05, 3.63) is 16.9 Å². The second-order valence-corrected chi connectivity index (χ2v) is 4.24. The predicted molar refractivity (Wildman–Crippen MR) is 65.6 cm³/mol. The number of imide groups is 1. The third-order valence-corrected chi connectivity index (χ3v) is 2.89. The Morgan fingerprint density at radius 1 is 1.22 bits per heavy atom. The van der Waals surface area contributed by atoms with Crippen molar-refractivity contribution in [2.45, 2.75) is 0 Å². The van der Waals surface area contributed by atoms with Crippen molar-refractivity contribution in [1.82, 2.24) is 5.32 Å². The molecule has 0 unspecified atom stereocenters. The first-order valence-electron chi connectivity index (χ1n) is 5.00. The van der Waals surface area contributed by atoms with E-state index in [4.69, 9.17) is 23.1 Å². The summed E-state index contributed by atoms with van der Waals surface area (Å²) in [5.74, 6) is -1.90. The molecule has 0 saturated carbocycles. The molecule has 2 amide bonds. The Morgan fingerprint density at radius 2 is 1.78 bits per heavy atom. The second kappa shape index (κ2) is 4.34. The summed E-state index contributed by atoms with van der Waals surface area (Å²) in [6, 6.07) is 1.29. The fourth-order valence-corrected chi connectivity index (χ4v) is 1.92. The number of rotatable bonds is 1. The Bertz CT molecular complexity index is 533. The molecule has 96 valence electrons. The van der Waals surface area contributed by atoms with Gasteiger partial charge in [-0.05, 0) is 6.07 Å². The van der Waals surface area contributed by atoms with E-state index in [-0.39, 0.29) is 35.2 Å². The van der Waals surface area contributed by atoms with Crippen molar-refractivity contribution in [1.29, 1.82) is 0 Å². The number of nitrogens with two attached hydrogens (primary N) is 2. The molecule has 2 rings (SSSR count). The summed E-state index contributed by atoms with van der Waals surface area (Å²) in [4.78, 5) is 23.7. The van der Waals surface area contributed by atoms with Gasteiger partial charge in [0.15, 0.2) is 5.82 Å². The summed E-state index contributed by atoms with van der Waals surface area (Å²) in [5.41, 5.74) is 11.0. The van der Waals surface area contributed by atoms with Crippen LogP contribution in [-0.2, 0) is 9.59 Å². The molecule has 1 heterocycles. The van der Waals surface area contributed by atoms with Crippen molar-refractivity contribution in [2.24, 2.45) is 0 Å². The molecule has 5 N–H and O–H groups in total. The standard InChI is InChI=1S/C10H10ClFN4O2/c11-8-4(13)1-5(14)10(9(8)12)16-2-6(17)15-7(18)3-16/h1H,2-3,13-14H2,(H,15,17,18). The maximum atomic E-state index is 14.0. The predicted octanol–water partition coefficient (Wildman–Crippen LogP) is 0.106. The molecular weight excluding hydrogens is 263 g/mol. The zero-order chi connectivity index (χ0) is 13.4. The smallest absolute Gasteiger partial charge is 0.246 e. The minimum Gasteiger partial charge on any atom is -0.397 e. The van der Waals surface area contributed by atoms with Crippen LogP contribution in [0.4, 0.5) is 21.5 Å². The Balaban J connectivity index is 2.48. The fraction of sp³-hybridized carbons (Fsp3) is 0.200. The second-order valence-electron chi connectivity index (χ2n) is 3.86. The van der Waals surface area contributed by atoms with Gasteiger partial charge in [0.1, 0.15) is 5.02 Å². The van der Waals surface area contributed by atoms with Crippen LogP contribution in [-0.4, -0.2) is 24.9 Å². The van der Waals surface area contributed by atoms with E-state index < -0.39 is 17.6 Å².